The Labute approximate surface area is 245 Å². The quantitative estimate of drug-likeness (QED) is 0.217. The third-order valence-electron chi connectivity index (χ3n) is 6.31. The first kappa shape index (κ1) is 30.2. The van der Waals surface area contributed by atoms with E-state index >= 15 is 0 Å². The van der Waals surface area contributed by atoms with Crippen molar-refractivity contribution in [2.24, 2.45) is 5.73 Å². The van der Waals surface area contributed by atoms with Gasteiger partial charge in [-0.25, -0.2) is 4.68 Å². The largest absolute Gasteiger partial charge is 0.487 e. The van der Waals surface area contributed by atoms with Crippen molar-refractivity contribution in [2.75, 3.05) is 13.2 Å². The average Bonchev–Trinajstić information content (AvgIpc) is 3.48. The normalized spacial score (nSPS) is 12.6. The molecule has 4 aromatic rings. The molecule has 11 heteroatoms. The second-order valence-corrected chi connectivity index (χ2v) is 10.3. The van der Waals surface area contributed by atoms with Gasteiger partial charge in [0.2, 0.25) is 5.91 Å². The summed E-state index contributed by atoms with van der Waals surface area (Å²) in [4.78, 5) is 12.9. The summed E-state index contributed by atoms with van der Waals surface area (Å²) in [5.74, 6) is 1.01. The van der Waals surface area contributed by atoms with Crippen LogP contribution in [0.15, 0.2) is 84.9 Å². The van der Waals surface area contributed by atoms with Gasteiger partial charge in [0.05, 0.1) is 31.2 Å². The maximum Gasteiger partial charge on any atom is 0.240 e. The van der Waals surface area contributed by atoms with Gasteiger partial charge in [-0.15, -0.1) is 5.10 Å². The summed E-state index contributed by atoms with van der Waals surface area (Å²) in [6, 6.07) is 27.7. The van der Waals surface area contributed by atoms with Crippen molar-refractivity contribution in [3.63, 3.8) is 0 Å². The van der Waals surface area contributed by atoms with Gasteiger partial charge in [0, 0.05) is 0 Å². The number of hydrogen-bond acceptors (Lipinski definition) is 9. The van der Waals surface area contributed by atoms with Crippen molar-refractivity contribution in [3.05, 3.63) is 102 Å². The van der Waals surface area contributed by atoms with E-state index in [1.807, 2.05) is 78.9 Å². The lowest BCUT2D eigenvalue weighted by Gasteiger charge is -2.25. The third kappa shape index (κ3) is 8.60. The summed E-state index contributed by atoms with van der Waals surface area (Å²) < 4.78 is 19.6. The first-order valence-electron chi connectivity index (χ1n) is 13.6. The molecule has 1 heterocycles. The van der Waals surface area contributed by atoms with E-state index < -0.39 is 23.5 Å². The molecule has 0 aliphatic rings. The van der Waals surface area contributed by atoms with Crippen LogP contribution in [-0.4, -0.2) is 44.9 Å². The molecule has 11 nitrogen and oxygen atoms in total. The highest BCUT2D eigenvalue weighted by atomic mass is 16.5. The van der Waals surface area contributed by atoms with Crippen molar-refractivity contribution < 1.29 is 19.0 Å². The van der Waals surface area contributed by atoms with Crippen LogP contribution in [0.1, 0.15) is 49.3 Å². The molecule has 218 valence electrons. The number of amides is 1. The number of tetrazole rings is 1. The Balaban J connectivity index is 1.50. The lowest BCUT2D eigenvalue weighted by atomic mass is 10.1. The maximum atomic E-state index is 12.9. The smallest absolute Gasteiger partial charge is 0.240 e. The number of carbonyl (C=O) groups is 1. The predicted molar refractivity (Wildman–Crippen MR) is 155 cm³/mol. The molecule has 0 spiro atoms. The number of nitriles is 1. The van der Waals surface area contributed by atoms with Crippen molar-refractivity contribution in [2.45, 2.75) is 51.1 Å². The second-order valence-electron chi connectivity index (χ2n) is 10.3. The Morgan fingerprint density at radius 2 is 1.52 bits per heavy atom. The van der Waals surface area contributed by atoms with E-state index in [1.54, 1.807) is 19.9 Å². The van der Waals surface area contributed by atoms with E-state index in [0.717, 1.165) is 11.1 Å². The van der Waals surface area contributed by atoms with Crippen LogP contribution in [0.4, 0.5) is 0 Å². The number of para-hydroxylation sites is 2. The second kappa shape index (κ2) is 14.7. The first-order valence-corrected chi connectivity index (χ1v) is 13.6. The Hall–Kier alpha value is -4.79. The van der Waals surface area contributed by atoms with Gasteiger partial charge >= 0.3 is 0 Å². The Morgan fingerprint density at radius 3 is 2.14 bits per heavy atom. The Bertz CT molecular complexity index is 1450. The zero-order chi connectivity index (χ0) is 29.8. The predicted octanol–water partition coefficient (Wildman–Crippen LogP) is 3.90. The Kier molecular flexibility index (Phi) is 10.6. The molecule has 0 aliphatic carbocycles. The number of aromatic nitrogens is 4. The van der Waals surface area contributed by atoms with Gasteiger partial charge in [-0.05, 0) is 47.5 Å². The number of ether oxygens (including phenoxy) is 3. The molecular weight excluding hydrogens is 534 g/mol. The van der Waals surface area contributed by atoms with Crippen molar-refractivity contribution >= 4 is 5.91 Å². The monoisotopic (exact) mass is 569 g/mol. The number of hydrogen-bond donors (Lipinski definition) is 2. The number of nitrogens with zero attached hydrogens (tertiary/aromatic N) is 5. The Morgan fingerprint density at radius 1 is 0.929 bits per heavy atom. The van der Waals surface area contributed by atoms with E-state index in [4.69, 9.17) is 19.9 Å². The average molecular weight is 570 g/mol. The van der Waals surface area contributed by atoms with Crippen LogP contribution in [-0.2, 0) is 22.7 Å². The summed E-state index contributed by atoms with van der Waals surface area (Å²) in [6.07, 6.45) is 0.0546. The fourth-order valence-corrected chi connectivity index (χ4v) is 4.02. The van der Waals surface area contributed by atoms with E-state index in [9.17, 15) is 10.1 Å². The minimum absolute atomic E-state index is 0.0546. The molecule has 42 heavy (non-hydrogen) atoms. The summed E-state index contributed by atoms with van der Waals surface area (Å²) in [5.41, 5.74) is 6.90. The number of nitrogens with one attached hydrogen (secondary N) is 1. The number of nitrogens with two attached hydrogens (primary N) is 1. The fourth-order valence-electron chi connectivity index (χ4n) is 4.02. The molecule has 1 aromatic heterocycles. The molecule has 0 saturated heterocycles. The van der Waals surface area contributed by atoms with Crippen LogP contribution >= 0.6 is 0 Å². The fraction of sp³-hybridized carbons (Fsp3) is 0.323. The molecule has 0 aliphatic heterocycles. The molecule has 2 atom stereocenters. The molecule has 0 saturated carbocycles. The zero-order valence-electron chi connectivity index (χ0n) is 23.7. The SMILES string of the molecule is CC(C)(N)C(=O)N[C@H](COCc1ccccc1)c1nnnn1C(CC#N)COc1ccccc1OCc1ccccc1. The van der Waals surface area contributed by atoms with Crippen LogP contribution in [0.25, 0.3) is 0 Å². The van der Waals surface area contributed by atoms with Crippen LogP contribution in [0.5, 0.6) is 11.5 Å². The van der Waals surface area contributed by atoms with Gasteiger partial charge in [-0.3, -0.25) is 4.79 Å². The van der Waals surface area contributed by atoms with Gasteiger partial charge in [0.1, 0.15) is 25.3 Å². The van der Waals surface area contributed by atoms with Crippen LogP contribution in [0, 0.1) is 11.3 Å². The molecule has 3 aromatic carbocycles. The highest BCUT2D eigenvalue weighted by Gasteiger charge is 2.30. The van der Waals surface area contributed by atoms with E-state index in [2.05, 4.69) is 26.9 Å². The lowest BCUT2D eigenvalue weighted by Crippen LogP contribution is -2.51. The summed E-state index contributed by atoms with van der Waals surface area (Å²) in [6.45, 7) is 4.07. The van der Waals surface area contributed by atoms with Crippen LogP contribution in [0.3, 0.4) is 0 Å². The lowest BCUT2D eigenvalue weighted by molar-refractivity contribution is -0.126. The third-order valence-corrected chi connectivity index (χ3v) is 6.31. The number of rotatable bonds is 15. The van der Waals surface area contributed by atoms with Crippen LogP contribution in [0.2, 0.25) is 0 Å². The summed E-state index contributed by atoms with van der Waals surface area (Å²) in [7, 11) is 0. The van der Waals surface area contributed by atoms with Crippen molar-refractivity contribution in [3.8, 4) is 17.6 Å². The molecule has 0 fully saturated rings. The molecule has 1 unspecified atom stereocenters. The molecule has 4 rings (SSSR count). The molecule has 0 radical (unpaired) electrons. The number of carbonyl (C=O) groups excluding carboxylic acids is 1. The molecule has 3 N–H and O–H groups in total. The van der Waals surface area contributed by atoms with E-state index in [0.29, 0.717) is 30.5 Å². The maximum absolute atomic E-state index is 12.9. The van der Waals surface area contributed by atoms with Crippen molar-refractivity contribution in [1.29, 1.82) is 5.26 Å². The van der Waals surface area contributed by atoms with E-state index in [1.165, 1.54) is 4.68 Å². The van der Waals surface area contributed by atoms with Gasteiger partial charge in [-0.2, -0.15) is 5.26 Å². The molecular formula is C31H35N7O4. The van der Waals surface area contributed by atoms with Gasteiger partial charge in [0.15, 0.2) is 17.3 Å². The first-order chi connectivity index (χ1) is 20.3. The minimum atomic E-state index is -1.14. The molecule has 0 bridgehead atoms. The van der Waals surface area contributed by atoms with Gasteiger partial charge < -0.3 is 25.3 Å². The highest BCUT2D eigenvalue weighted by molar-refractivity contribution is 5.85. The van der Waals surface area contributed by atoms with Gasteiger partial charge in [-0.1, -0.05) is 72.8 Å². The van der Waals surface area contributed by atoms with Crippen molar-refractivity contribution in [1.82, 2.24) is 25.5 Å². The molecule has 1 amide bonds. The van der Waals surface area contributed by atoms with Gasteiger partial charge in [0.25, 0.3) is 0 Å². The number of benzene rings is 3. The zero-order valence-corrected chi connectivity index (χ0v) is 23.7. The minimum Gasteiger partial charge on any atom is -0.487 e. The summed E-state index contributed by atoms with van der Waals surface area (Å²) >= 11 is 0. The standard InChI is InChI=1S/C31H35N7O4/c1-31(2,33)30(39)34-26(22-40-19-23-11-5-3-6-12-23)29-35-36-37-38(29)25(17-18-32)21-42-28-16-10-9-15-27(28)41-20-24-13-7-4-8-14-24/h3-16,25-26H,17,19-22,33H2,1-2H3,(H,34,39)/t25?,26-/m1/s1. The van der Waals surface area contributed by atoms with E-state index in [-0.39, 0.29) is 19.6 Å². The topological polar surface area (TPSA) is 150 Å². The van der Waals surface area contributed by atoms with Crippen LogP contribution < -0.4 is 20.5 Å². The summed E-state index contributed by atoms with van der Waals surface area (Å²) in [5, 5.41) is 24.7. The highest BCUT2D eigenvalue weighted by Crippen LogP contribution is 2.29.